The summed E-state index contributed by atoms with van der Waals surface area (Å²) in [5.41, 5.74) is 0. The van der Waals surface area contributed by atoms with Crippen molar-refractivity contribution in [1.29, 1.82) is 0 Å². The minimum absolute atomic E-state index is 0.388. The second-order valence-corrected chi connectivity index (χ2v) is 7.39. The van der Waals surface area contributed by atoms with Crippen LogP contribution in [0.25, 0.3) is 0 Å². The van der Waals surface area contributed by atoms with Crippen LogP contribution in [0.3, 0.4) is 0 Å². The van der Waals surface area contributed by atoms with Gasteiger partial charge in [0.25, 0.3) is 0 Å². The third kappa shape index (κ3) is 3.28. The van der Waals surface area contributed by atoms with Crippen LogP contribution in [0.5, 0.6) is 0 Å². The van der Waals surface area contributed by atoms with E-state index in [1.54, 1.807) is 11.3 Å². The summed E-state index contributed by atoms with van der Waals surface area (Å²) in [7, 11) is 0. The van der Waals surface area contributed by atoms with E-state index in [0.717, 1.165) is 24.7 Å². The third-order valence-electron chi connectivity index (χ3n) is 5.19. The van der Waals surface area contributed by atoms with E-state index in [9.17, 15) is 4.79 Å². The Hall–Kier alpha value is -0.630. The minimum atomic E-state index is 0.388. The van der Waals surface area contributed by atoms with Crippen molar-refractivity contribution in [3.8, 4) is 0 Å². The zero-order chi connectivity index (χ0) is 13.1. The van der Waals surface area contributed by atoms with Crippen molar-refractivity contribution >= 4 is 17.1 Å². The summed E-state index contributed by atoms with van der Waals surface area (Å²) >= 11 is 1.78. The molecule has 104 valence electrons. The fourth-order valence-electron chi connectivity index (χ4n) is 4.07. The van der Waals surface area contributed by atoms with Gasteiger partial charge in [0.2, 0.25) is 0 Å². The van der Waals surface area contributed by atoms with E-state index >= 15 is 0 Å². The van der Waals surface area contributed by atoms with Crippen LogP contribution in [-0.2, 0) is 11.2 Å². The summed E-state index contributed by atoms with van der Waals surface area (Å²) in [6.07, 6.45) is 11.1. The summed E-state index contributed by atoms with van der Waals surface area (Å²) in [6.45, 7) is 0. The molecule has 2 aliphatic carbocycles. The number of hydrogen-bond donors (Lipinski definition) is 0. The van der Waals surface area contributed by atoms with Gasteiger partial charge in [-0.3, -0.25) is 4.79 Å². The lowest BCUT2D eigenvalue weighted by molar-refractivity contribution is -0.125. The molecule has 0 bridgehead atoms. The van der Waals surface area contributed by atoms with Crippen LogP contribution in [-0.4, -0.2) is 5.78 Å². The molecular formula is C17H24OS. The minimum Gasteiger partial charge on any atom is -0.299 e. The molecule has 1 aromatic heterocycles. The number of fused-ring (bicyclic) bond motifs is 1. The van der Waals surface area contributed by atoms with Gasteiger partial charge < -0.3 is 0 Å². The topological polar surface area (TPSA) is 17.1 Å². The average Bonchev–Trinajstić information content (AvgIpc) is 2.97. The quantitative estimate of drug-likeness (QED) is 0.768. The van der Waals surface area contributed by atoms with Crippen LogP contribution >= 0.6 is 11.3 Å². The molecule has 3 atom stereocenters. The SMILES string of the molecule is O=C(CCc1cccs1)C1CCC2CCCCC2C1. The van der Waals surface area contributed by atoms with Crippen molar-refractivity contribution < 1.29 is 4.79 Å². The van der Waals surface area contributed by atoms with Gasteiger partial charge in [-0.1, -0.05) is 31.7 Å². The Morgan fingerprint density at radius 3 is 2.79 bits per heavy atom. The zero-order valence-corrected chi connectivity index (χ0v) is 12.5. The Bertz CT molecular complexity index is 409. The van der Waals surface area contributed by atoms with Crippen LogP contribution in [0, 0.1) is 17.8 Å². The van der Waals surface area contributed by atoms with E-state index in [0.29, 0.717) is 11.7 Å². The van der Waals surface area contributed by atoms with Gasteiger partial charge in [0.05, 0.1) is 0 Å². The molecule has 1 nitrogen and oxygen atoms in total. The predicted octanol–water partition coefficient (Wildman–Crippen LogP) is 4.86. The summed E-state index contributed by atoms with van der Waals surface area (Å²) in [4.78, 5) is 13.7. The maximum Gasteiger partial charge on any atom is 0.136 e. The lowest BCUT2D eigenvalue weighted by Crippen LogP contribution is -2.31. The monoisotopic (exact) mass is 276 g/mol. The number of carbonyl (C=O) groups excluding carboxylic acids is 1. The molecule has 0 spiro atoms. The van der Waals surface area contributed by atoms with Crippen LogP contribution in [0.1, 0.15) is 56.2 Å². The first-order valence-corrected chi connectivity index (χ1v) is 8.76. The molecule has 0 aromatic carbocycles. The predicted molar refractivity (Wildman–Crippen MR) is 80.4 cm³/mol. The molecule has 2 aliphatic rings. The highest BCUT2D eigenvalue weighted by atomic mass is 32.1. The first-order chi connectivity index (χ1) is 9.33. The van der Waals surface area contributed by atoms with Gasteiger partial charge in [-0.15, -0.1) is 11.3 Å². The Morgan fingerprint density at radius 2 is 2.00 bits per heavy atom. The van der Waals surface area contributed by atoms with Gasteiger partial charge in [0, 0.05) is 17.2 Å². The van der Waals surface area contributed by atoms with E-state index in [4.69, 9.17) is 0 Å². The summed E-state index contributed by atoms with van der Waals surface area (Å²) < 4.78 is 0. The molecule has 2 saturated carbocycles. The third-order valence-corrected chi connectivity index (χ3v) is 6.13. The standard InChI is InChI=1S/C17H24OS/c18-17(10-9-16-6-3-11-19-16)15-8-7-13-4-1-2-5-14(13)12-15/h3,6,11,13-15H,1-2,4-5,7-10,12H2. The molecule has 2 fully saturated rings. The van der Waals surface area contributed by atoms with Gasteiger partial charge in [-0.05, 0) is 49.0 Å². The molecule has 1 aromatic rings. The number of carbonyl (C=O) groups is 1. The lowest BCUT2D eigenvalue weighted by atomic mass is 9.66. The molecule has 3 rings (SSSR count). The molecule has 0 N–H and O–H groups in total. The van der Waals surface area contributed by atoms with Gasteiger partial charge in [-0.2, -0.15) is 0 Å². The van der Waals surface area contributed by atoms with Crippen molar-refractivity contribution in [3.05, 3.63) is 22.4 Å². The molecule has 2 heteroatoms. The summed E-state index contributed by atoms with van der Waals surface area (Å²) in [5, 5.41) is 2.10. The number of hydrogen-bond acceptors (Lipinski definition) is 2. The molecule has 3 unspecified atom stereocenters. The van der Waals surface area contributed by atoms with Crippen LogP contribution in [0.4, 0.5) is 0 Å². The van der Waals surface area contributed by atoms with Crippen LogP contribution in [0.15, 0.2) is 17.5 Å². The molecular weight excluding hydrogens is 252 g/mol. The van der Waals surface area contributed by atoms with E-state index in [-0.39, 0.29) is 0 Å². The van der Waals surface area contributed by atoms with Crippen molar-refractivity contribution in [2.24, 2.45) is 17.8 Å². The largest absolute Gasteiger partial charge is 0.299 e. The zero-order valence-electron chi connectivity index (χ0n) is 11.6. The fourth-order valence-corrected chi connectivity index (χ4v) is 4.78. The highest BCUT2D eigenvalue weighted by molar-refractivity contribution is 7.09. The molecule has 0 saturated heterocycles. The van der Waals surface area contributed by atoms with Gasteiger partial charge in [0.15, 0.2) is 0 Å². The first kappa shape index (κ1) is 13.4. The van der Waals surface area contributed by atoms with Gasteiger partial charge in [0.1, 0.15) is 5.78 Å². The van der Waals surface area contributed by atoms with Crippen molar-refractivity contribution in [3.63, 3.8) is 0 Å². The summed E-state index contributed by atoms with van der Waals surface area (Å²) in [5.74, 6) is 2.75. The Balaban J connectivity index is 1.50. The highest BCUT2D eigenvalue weighted by Gasteiger charge is 2.34. The van der Waals surface area contributed by atoms with Crippen LogP contribution < -0.4 is 0 Å². The highest BCUT2D eigenvalue weighted by Crippen LogP contribution is 2.43. The maximum atomic E-state index is 12.4. The number of thiophene rings is 1. The Labute approximate surface area is 120 Å². The molecule has 19 heavy (non-hydrogen) atoms. The normalized spacial score (nSPS) is 30.8. The molecule has 0 radical (unpaired) electrons. The smallest absolute Gasteiger partial charge is 0.136 e. The Morgan fingerprint density at radius 1 is 1.16 bits per heavy atom. The number of aryl methyl sites for hydroxylation is 1. The Kier molecular flexibility index (Phi) is 4.37. The van der Waals surface area contributed by atoms with Crippen molar-refractivity contribution in [1.82, 2.24) is 0 Å². The lowest BCUT2D eigenvalue weighted by Gasteiger charge is -2.38. The number of ketones is 1. The van der Waals surface area contributed by atoms with Crippen LogP contribution in [0.2, 0.25) is 0 Å². The molecule has 0 amide bonds. The van der Waals surface area contributed by atoms with Crippen molar-refractivity contribution in [2.75, 3.05) is 0 Å². The number of Topliss-reactive ketones (excluding diaryl/α,β-unsaturated/α-hetero) is 1. The van der Waals surface area contributed by atoms with Crippen molar-refractivity contribution in [2.45, 2.75) is 57.8 Å². The van der Waals surface area contributed by atoms with Gasteiger partial charge in [-0.25, -0.2) is 0 Å². The molecule has 0 aliphatic heterocycles. The second-order valence-electron chi connectivity index (χ2n) is 6.36. The summed E-state index contributed by atoms with van der Waals surface area (Å²) in [6, 6.07) is 4.23. The van der Waals surface area contributed by atoms with E-state index in [1.165, 1.54) is 49.8 Å². The molecule has 1 heterocycles. The van der Waals surface area contributed by atoms with Gasteiger partial charge >= 0.3 is 0 Å². The van der Waals surface area contributed by atoms with E-state index in [2.05, 4.69) is 17.5 Å². The second kappa shape index (κ2) is 6.21. The first-order valence-electron chi connectivity index (χ1n) is 7.88. The fraction of sp³-hybridized carbons (Fsp3) is 0.706. The van der Waals surface area contributed by atoms with E-state index in [1.807, 2.05) is 0 Å². The maximum absolute atomic E-state index is 12.4. The number of rotatable bonds is 4. The average molecular weight is 276 g/mol. The van der Waals surface area contributed by atoms with E-state index < -0.39 is 0 Å².